The zero-order valence-corrected chi connectivity index (χ0v) is 15.4. The summed E-state index contributed by atoms with van der Waals surface area (Å²) in [5.74, 6) is 0.962. The number of piperazine rings is 1. The molecule has 0 N–H and O–H groups in total. The third-order valence-electron chi connectivity index (χ3n) is 4.54. The van der Waals surface area contributed by atoms with Crippen molar-refractivity contribution in [3.05, 3.63) is 47.5 Å². The Morgan fingerprint density at radius 3 is 2.77 bits per heavy atom. The lowest BCUT2D eigenvalue weighted by Gasteiger charge is -2.39. The van der Waals surface area contributed by atoms with Crippen molar-refractivity contribution in [2.24, 2.45) is 0 Å². The van der Waals surface area contributed by atoms with E-state index in [2.05, 4.69) is 9.97 Å². The van der Waals surface area contributed by atoms with Gasteiger partial charge in [0.15, 0.2) is 0 Å². The third-order valence-corrected chi connectivity index (χ3v) is 4.54. The van der Waals surface area contributed by atoms with E-state index in [9.17, 15) is 9.59 Å². The van der Waals surface area contributed by atoms with E-state index in [0.29, 0.717) is 29.4 Å². The number of hydrogen-bond donors (Lipinski definition) is 0. The quantitative estimate of drug-likeness (QED) is 0.842. The Hall–Kier alpha value is -2.96. The van der Waals surface area contributed by atoms with Gasteiger partial charge >= 0.3 is 0 Å². The second-order valence-corrected chi connectivity index (χ2v) is 6.40. The SMILES string of the molecule is COc1cccc(N2C[C@H](C)N(C(=O)c3cnc(C)nc3C)CC2=O)c1. The molecule has 1 aromatic heterocycles. The summed E-state index contributed by atoms with van der Waals surface area (Å²) in [6, 6.07) is 7.23. The van der Waals surface area contributed by atoms with Gasteiger partial charge in [-0.05, 0) is 32.9 Å². The van der Waals surface area contributed by atoms with E-state index in [1.54, 1.807) is 30.8 Å². The van der Waals surface area contributed by atoms with E-state index in [1.165, 1.54) is 6.20 Å². The van der Waals surface area contributed by atoms with Crippen LogP contribution < -0.4 is 9.64 Å². The molecule has 1 fully saturated rings. The van der Waals surface area contributed by atoms with Crippen molar-refractivity contribution in [2.45, 2.75) is 26.8 Å². The van der Waals surface area contributed by atoms with E-state index >= 15 is 0 Å². The zero-order chi connectivity index (χ0) is 18.8. The fourth-order valence-corrected chi connectivity index (χ4v) is 3.10. The molecule has 1 aliphatic heterocycles. The number of rotatable bonds is 3. The van der Waals surface area contributed by atoms with Gasteiger partial charge in [-0.2, -0.15) is 0 Å². The van der Waals surface area contributed by atoms with Crippen LogP contribution in [0.25, 0.3) is 0 Å². The summed E-state index contributed by atoms with van der Waals surface area (Å²) in [6.45, 7) is 5.93. The van der Waals surface area contributed by atoms with Gasteiger partial charge in [0.2, 0.25) is 5.91 Å². The van der Waals surface area contributed by atoms with Crippen molar-refractivity contribution >= 4 is 17.5 Å². The summed E-state index contributed by atoms with van der Waals surface area (Å²) in [6.07, 6.45) is 1.53. The summed E-state index contributed by atoms with van der Waals surface area (Å²) in [4.78, 5) is 37.2. The predicted octanol–water partition coefficient (Wildman–Crippen LogP) is 1.98. The van der Waals surface area contributed by atoms with E-state index < -0.39 is 0 Å². The Labute approximate surface area is 152 Å². The predicted molar refractivity (Wildman–Crippen MR) is 97.4 cm³/mol. The van der Waals surface area contributed by atoms with Crippen LogP contribution >= 0.6 is 0 Å². The molecule has 0 bridgehead atoms. The number of aryl methyl sites for hydroxylation is 2. The number of methoxy groups -OCH3 is 1. The molecule has 0 saturated carbocycles. The maximum atomic E-state index is 12.9. The van der Waals surface area contributed by atoms with Crippen LogP contribution in [0, 0.1) is 13.8 Å². The maximum Gasteiger partial charge on any atom is 0.258 e. The summed E-state index contributed by atoms with van der Waals surface area (Å²) in [5.41, 5.74) is 1.82. The second-order valence-electron chi connectivity index (χ2n) is 6.40. The van der Waals surface area contributed by atoms with E-state index in [0.717, 1.165) is 5.69 Å². The highest BCUT2D eigenvalue weighted by atomic mass is 16.5. The molecule has 0 radical (unpaired) electrons. The molecule has 2 amide bonds. The number of amides is 2. The van der Waals surface area contributed by atoms with Crippen molar-refractivity contribution < 1.29 is 14.3 Å². The monoisotopic (exact) mass is 354 g/mol. The number of anilines is 1. The number of nitrogens with zero attached hydrogens (tertiary/aromatic N) is 4. The summed E-state index contributed by atoms with van der Waals surface area (Å²) in [5, 5.41) is 0. The fraction of sp³-hybridized carbons (Fsp3) is 0.368. The molecule has 3 rings (SSSR count). The van der Waals surface area contributed by atoms with Gasteiger partial charge in [-0.3, -0.25) is 9.59 Å². The van der Waals surface area contributed by atoms with E-state index in [4.69, 9.17) is 4.74 Å². The van der Waals surface area contributed by atoms with Crippen molar-refractivity contribution in [2.75, 3.05) is 25.1 Å². The molecule has 0 aliphatic carbocycles. The molecule has 0 unspecified atom stereocenters. The van der Waals surface area contributed by atoms with Crippen LogP contribution in [-0.4, -0.2) is 52.9 Å². The second kappa shape index (κ2) is 7.11. The number of benzene rings is 1. The van der Waals surface area contributed by atoms with Gasteiger partial charge in [-0.25, -0.2) is 9.97 Å². The first-order valence-corrected chi connectivity index (χ1v) is 8.46. The van der Waals surface area contributed by atoms with Gasteiger partial charge in [0, 0.05) is 30.5 Å². The van der Waals surface area contributed by atoms with Gasteiger partial charge in [0.05, 0.1) is 18.4 Å². The molecule has 7 nitrogen and oxygen atoms in total. The average Bonchev–Trinajstić information content (AvgIpc) is 2.63. The minimum absolute atomic E-state index is 0.0184. The third kappa shape index (κ3) is 3.37. The van der Waals surface area contributed by atoms with Crippen molar-refractivity contribution in [3.8, 4) is 5.75 Å². The minimum Gasteiger partial charge on any atom is -0.497 e. The summed E-state index contributed by atoms with van der Waals surface area (Å²) in [7, 11) is 1.59. The zero-order valence-electron chi connectivity index (χ0n) is 15.4. The molecule has 0 spiro atoms. The van der Waals surface area contributed by atoms with Gasteiger partial charge < -0.3 is 14.5 Å². The molecule has 1 saturated heterocycles. The Morgan fingerprint density at radius 1 is 1.31 bits per heavy atom. The Bertz CT molecular complexity index is 852. The molecular formula is C19H22N4O3. The molecule has 1 aliphatic rings. The van der Waals surface area contributed by atoms with Crippen molar-refractivity contribution in [1.29, 1.82) is 0 Å². The average molecular weight is 354 g/mol. The van der Waals surface area contributed by atoms with Crippen molar-refractivity contribution in [3.63, 3.8) is 0 Å². The number of carbonyl (C=O) groups is 2. The number of hydrogen-bond acceptors (Lipinski definition) is 5. The molecule has 136 valence electrons. The van der Waals surface area contributed by atoms with Gasteiger partial charge in [0.1, 0.15) is 18.1 Å². The summed E-state index contributed by atoms with van der Waals surface area (Å²) >= 11 is 0. The van der Waals surface area contributed by atoms with Crippen LogP contribution in [-0.2, 0) is 4.79 Å². The highest BCUT2D eigenvalue weighted by Crippen LogP contribution is 2.25. The van der Waals surface area contributed by atoms with Crippen LogP contribution in [0.15, 0.2) is 30.5 Å². The Kier molecular flexibility index (Phi) is 4.88. The van der Waals surface area contributed by atoms with Gasteiger partial charge in [0.25, 0.3) is 5.91 Å². The van der Waals surface area contributed by atoms with Crippen LogP contribution in [0.4, 0.5) is 5.69 Å². The van der Waals surface area contributed by atoms with E-state index in [-0.39, 0.29) is 24.4 Å². The van der Waals surface area contributed by atoms with Crippen LogP contribution in [0.1, 0.15) is 28.8 Å². The number of ether oxygens (including phenoxy) is 1. The minimum atomic E-state index is -0.214. The first kappa shape index (κ1) is 17.8. The van der Waals surface area contributed by atoms with Crippen molar-refractivity contribution in [1.82, 2.24) is 14.9 Å². The lowest BCUT2D eigenvalue weighted by molar-refractivity contribution is -0.121. The Balaban J connectivity index is 1.81. The molecule has 2 aromatic rings. The first-order chi connectivity index (χ1) is 12.4. The first-order valence-electron chi connectivity index (χ1n) is 8.46. The highest BCUT2D eigenvalue weighted by molar-refractivity contribution is 6.02. The fourth-order valence-electron chi connectivity index (χ4n) is 3.10. The molecule has 26 heavy (non-hydrogen) atoms. The normalized spacial score (nSPS) is 17.4. The lowest BCUT2D eigenvalue weighted by atomic mass is 10.1. The highest BCUT2D eigenvalue weighted by Gasteiger charge is 2.34. The molecule has 7 heteroatoms. The molecule has 2 heterocycles. The smallest absolute Gasteiger partial charge is 0.258 e. The van der Waals surface area contributed by atoms with Gasteiger partial charge in [-0.15, -0.1) is 0 Å². The molecular weight excluding hydrogens is 332 g/mol. The topological polar surface area (TPSA) is 75.6 Å². The maximum absolute atomic E-state index is 12.9. The van der Waals surface area contributed by atoms with Gasteiger partial charge in [-0.1, -0.05) is 6.07 Å². The standard InChI is InChI=1S/C19H22N4O3/c1-12-10-23(15-6-5-7-16(8-15)26-4)18(24)11-22(12)19(25)17-9-20-14(3)21-13(17)2/h5-9,12H,10-11H2,1-4H3/t12-/m0/s1. The largest absolute Gasteiger partial charge is 0.497 e. The number of carbonyl (C=O) groups excluding carboxylic acids is 2. The van der Waals surface area contributed by atoms with E-state index in [1.807, 2.05) is 31.2 Å². The number of aromatic nitrogens is 2. The lowest BCUT2D eigenvalue weighted by Crippen LogP contribution is -2.57. The summed E-state index contributed by atoms with van der Waals surface area (Å²) < 4.78 is 5.23. The van der Waals surface area contributed by atoms with Crippen LogP contribution in [0.3, 0.4) is 0 Å². The molecule has 1 aromatic carbocycles. The van der Waals surface area contributed by atoms with Crippen LogP contribution in [0.2, 0.25) is 0 Å². The van der Waals surface area contributed by atoms with Crippen LogP contribution in [0.5, 0.6) is 5.75 Å². The Morgan fingerprint density at radius 2 is 2.08 bits per heavy atom. The molecule has 1 atom stereocenters.